The summed E-state index contributed by atoms with van der Waals surface area (Å²) < 4.78 is 16.5. The Morgan fingerprint density at radius 3 is 2.69 bits per heavy atom. The van der Waals surface area contributed by atoms with Crippen LogP contribution in [-0.4, -0.2) is 44.6 Å². The lowest BCUT2D eigenvalue weighted by Gasteiger charge is -2.29. The summed E-state index contributed by atoms with van der Waals surface area (Å²) in [5.74, 6) is 1.40. The Balaban J connectivity index is 1.47. The second-order valence-corrected chi connectivity index (χ2v) is 8.51. The van der Waals surface area contributed by atoms with Gasteiger partial charge in [-0.2, -0.15) is 0 Å². The largest absolute Gasteiger partial charge is 0.497 e. The van der Waals surface area contributed by atoms with Crippen LogP contribution in [-0.2, 0) is 4.74 Å². The molecular weight excluding hydrogens is 386 g/mol. The molecule has 1 heterocycles. The number of nitrogens with one attached hydrogen (secondary N) is 1. The van der Waals surface area contributed by atoms with Crippen molar-refractivity contribution in [2.45, 2.75) is 42.4 Å². The van der Waals surface area contributed by atoms with Gasteiger partial charge in [-0.3, -0.25) is 4.79 Å². The fraction of sp³-hybridized carbons (Fsp3) is 0.435. The number of thioether (sulfide) groups is 1. The number of carbonyl (C=O) groups excluding carboxylic acids is 1. The van der Waals surface area contributed by atoms with Gasteiger partial charge in [-0.15, -0.1) is 11.8 Å². The summed E-state index contributed by atoms with van der Waals surface area (Å²) in [6.07, 6.45) is 3.00. The molecule has 3 rings (SSSR count). The van der Waals surface area contributed by atoms with Crippen LogP contribution in [0.25, 0.3) is 0 Å². The highest BCUT2D eigenvalue weighted by atomic mass is 32.2. The smallest absolute Gasteiger partial charge is 0.255 e. The standard InChI is InChI=1S/C23H29NO4S/c1-16-5-4-6-21(22(16)27-3)23(25)24-13-11-18-15-20(12-14-28-18)29-19-9-7-17(26-2)8-10-19/h4-10,18,20H,11-15H2,1-3H3,(H,24,25)/t18-,20+/m0/s1. The van der Waals surface area contributed by atoms with Gasteiger partial charge in [-0.05, 0) is 62.1 Å². The third kappa shape index (κ3) is 5.90. The minimum atomic E-state index is -0.106. The summed E-state index contributed by atoms with van der Waals surface area (Å²) in [5.41, 5.74) is 1.53. The van der Waals surface area contributed by atoms with E-state index in [1.807, 2.05) is 43.0 Å². The van der Waals surface area contributed by atoms with E-state index >= 15 is 0 Å². The van der Waals surface area contributed by atoms with E-state index < -0.39 is 0 Å². The summed E-state index contributed by atoms with van der Waals surface area (Å²) in [6, 6.07) is 13.8. The van der Waals surface area contributed by atoms with E-state index in [1.165, 1.54) is 4.90 Å². The van der Waals surface area contributed by atoms with Crippen LogP contribution in [0.5, 0.6) is 11.5 Å². The Bertz CT molecular complexity index is 809. The van der Waals surface area contributed by atoms with Crippen LogP contribution in [0.2, 0.25) is 0 Å². The molecule has 2 aromatic carbocycles. The van der Waals surface area contributed by atoms with Crippen LogP contribution in [0.4, 0.5) is 0 Å². The van der Waals surface area contributed by atoms with Crippen LogP contribution in [0.3, 0.4) is 0 Å². The third-order valence-corrected chi connectivity index (χ3v) is 6.40. The maximum Gasteiger partial charge on any atom is 0.255 e. The topological polar surface area (TPSA) is 56.8 Å². The SMILES string of the molecule is COc1ccc(S[C@@H]2CCO[C@@H](CCNC(=O)c3cccc(C)c3OC)C2)cc1. The van der Waals surface area contributed by atoms with Crippen LogP contribution < -0.4 is 14.8 Å². The predicted octanol–water partition coefficient (Wildman–Crippen LogP) is 4.47. The van der Waals surface area contributed by atoms with Gasteiger partial charge in [0.2, 0.25) is 0 Å². The highest BCUT2D eigenvalue weighted by Gasteiger charge is 2.23. The molecule has 1 amide bonds. The van der Waals surface area contributed by atoms with Gasteiger partial charge in [0.25, 0.3) is 5.91 Å². The first kappa shape index (κ1) is 21.5. The molecule has 0 unspecified atom stereocenters. The highest BCUT2D eigenvalue weighted by Crippen LogP contribution is 2.33. The first-order valence-electron chi connectivity index (χ1n) is 9.95. The van der Waals surface area contributed by atoms with Crippen LogP contribution in [0.15, 0.2) is 47.4 Å². The Labute approximate surface area is 177 Å². The van der Waals surface area contributed by atoms with Crippen LogP contribution in [0.1, 0.15) is 35.2 Å². The number of hydrogen-bond donors (Lipinski definition) is 1. The molecule has 0 radical (unpaired) electrons. The van der Waals surface area contributed by atoms with Crippen molar-refractivity contribution in [2.75, 3.05) is 27.4 Å². The van der Waals surface area contributed by atoms with Crippen molar-refractivity contribution >= 4 is 17.7 Å². The summed E-state index contributed by atoms with van der Waals surface area (Å²) in [6.45, 7) is 3.28. The molecule has 0 saturated carbocycles. The number of rotatable bonds is 8. The lowest BCUT2D eigenvalue weighted by Crippen LogP contribution is -2.32. The van der Waals surface area contributed by atoms with Gasteiger partial charge in [0, 0.05) is 23.3 Å². The second kappa shape index (κ2) is 10.6. The maximum absolute atomic E-state index is 12.5. The summed E-state index contributed by atoms with van der Waals surface area (Å²) in [5, 5.41) is 3.53. The van der Waals surface area contributed by atoms with E-state index in [1.54, 1.807) is 20.3 Å². The monoisotopic (exact) mass is 415 g/mol. The normalized spacial score (nSPS) is 18.9. The number of methoxy groups -OCH3 is 2. The number of benzene rings is 2. The maximum atomic E-state index is 12.5. The first-order valence-corrected chi connectivity index (χ1v) is 10.8. The van der Waals surface area contributed by atoms with E-state index in [9.17, 15) is 4.79 Å². The number of carbonyl (C=O) groups is 1. The zero-order chi connectivity index (χ0) is 20.6. The molecular formula is C23H29NO4S. The molecule has 29 heavy (non-hydrogen) atoms. The average Bonchev–Trinajstić information content (AvgIpc) is 2.74. The molecule has 5 nitrogen and oxygen atoms in total. The van der Waals surface area contributed by atoms with Crippen molar-refractivity contribution in [3.05, 3.63) is 53.6 Å². The molecule has 0 aromatic heterocycles. The molecule has 0 bridgehead atoms. The molecule has 1 aliphatic heterocycles. The number of ether oxygens (including phenoxy) is 3. The van der Waals surface area contributed by atoms with Gasteiger partial charge in [0.1, 0.15) is 11.5 Å². The van der Waals surface area contributed by atoms with Crippen LogP contribution in [0, 0.1) is 6.92 Å². The van der Waals surface area contributed by atoms with E-state index in [-0.39, 0.29) is 12.0 Å². The minimum Gasteiger partial charge on any atom is -0.497 e. The van der Waals surface area contributed by atoms with Crippen molar-refractivity contribution in [1.29, 1.82) is 0 Å². The average molecular weight is 416 g/mol. The minimum absolute atomic E-state index is 0.106. The van der Waals surface area contributed by atoms with Crippen LogP contribution >= 0.6 is 11.8 Å². The zero-order valence-electron chi connectivity index (χ0n) is 17.3. The molecule has 6 heteroatoms. The Morgan fingerprint density at radius 2 is 1.97 bits per heavy atom. The van der Waals surface area contributed by atoms with Gasteiger partial charge in [0.15, 0.2) is 0 Å². The van der Waals surface area contributed by atoms with E-state index in [0.29, 0.717) is 23.1 Å². The molecule has 2 atom stereocenters. The second-order valence-electron chi connectivity index (χ2n) is 7.13. The van der Waals surface area contributed by atoms with Gasteiger partial charge >= 0.3 is 0 Å². The number of amides is 1. The fourth-order valence-electron chi connectivity index (χ4n) is 3.54. The number of para-hydroxylation sites is 1. The number of aryl methyl sites for hydroxylation is 1. The number of hydrogen-bond acceptors (Lipinski definition) is 5. The van der Waals surface area contributed by atoms with Gasteiger partial charge in [-0.25, -0.2) is 0 Å². The molecule has 1 aliphatic rings. The lowest BCUT2D eigenvalue weighted by atomic mass is 10.1. The molecule has 1 N–H and O–H groups in total. The Kier molecular flexibility index (Phi) is 7.83. The first-order chi connectivity index (χ1) is 14.1. The van der Waals surface area contributed by atoms with Crippen molar-refractivity contribution in [3.63, 3.8) is 0 Å². The van der Waals surface area contributed by atoms with E-state index in [4.69, 9.17) is 14.2 Å². The molecule has 0 aliphatic carbocycles. The third-order valence-electron chi connectivity index (χ3n) is 5.09. The molecule has 156 valence electrons. The fourth-order valence-corrected chi connectivity index (χ4v) is 4.75. The van der Waals surface area contributed by atoms with Crippen molar-refractivity contribution in [3.8, 4) is 11.5 Å². The molecule has 0 spiro atoms. The molecule has 1 fully saturated rings. The zero-order valence-corrected chi connectivity index (χ0v) is 18.1. The molecule has 2 aromatic rings. The molecule has 1 saturated heterocycles. The van der Waals surface area contributed by atoms with Crippen molar-refractivity contribution in [2.24, 2.45) is 0 Å². The lowest BCUT2D eigenvalue weighted by molar-refractivity contribution is 0.0144. The predicted molar refractivity (Wildman–Crippen MR) is 116 cm³/mol. The Hall–Kier alpha value is -2.18. The quantitative estimate of drug-likeness (QED) is 0.689. The summed E-state index contributed by atoms with van der Waals surface area (Å²) in [7, 11) is 3.27. The van der Waals surface area contributed by atoms with Crippen molar-refractivity contribution < 1.29 is 19.0 Å². The van der Waals surface area contributed by atoms with E-state index in [0.717, 1.165) is 37.2 Å². The van der Waals surface area contributed by atoms with Gasteiger partial charge < -0.3 is 19.5 Å². The Morgan fingerprint density at radius 1 is 1.17 bits per heavy atom. The van der Waals surface area contributed by atoms with Gasteiger partial charge in [-0.1, -0.05) is 12.1 Å². The summed E-state index contributed by atoms with van der Waals surface area (Å²) >= 11 is 1.89. The highest BCUT2D eigenvalue weighted by molar-refractivity contribution is 8.00. The summed E-state index contributed by atoms with van der Waals surface area (Å²) in [4.78, 5) is 13.8. The van der Waals surface area contributed by atoms with E-state index in [2.05, 4.69) is 17.4 Å². The van der Waals surface area contributed by atoms with Crippen molar-refractivity contribution in [1.82, 2.24) is 5.32 Å². The van der Waals surface area contributed by atoms with Gasteiger partial charge in [0.05, 0.1) is 25.9 Å².